The molecule has 1 unspecified atom stereocenters. The van der Waals surface area contributed by atoms with E-state index in [2.05, 4.69) is 10.3 Å². The van der Waals surface area contributed by atoms with Gasteiger partial charge in [-0.05, 0) is 0 Å². The van der Waals surface area contributed by atoms with E-state index < -0.39 is 9.17 Å². The van der Waals surface area contributed by atoms with Crippen molar-refractivity contribution in [3.63, 3.8) is 0 Å². The van der Waals surface area contributed by atoms with E-state index in [1.165, 1.54) is 18.7 Å². The van der Waals surface area contributed by atoms with Crippen LogP contribution in [-0.2, 0) is 4.79 Å². The summed E-state index contributed by atoms with van der Waals surface area (Å²) in [6, 6.07) is 0. The number of thioether (sulfide) groups is 2. The fraction of sp³-hybridized carbons (Fsp3) is 0.714. The highest BCUT2D eigenvalue weighted by Gasteiger charge is 2.35. The maximum absolute atomic E-state index is 10.9. The second-order valence-corrected chi connectivity index (χ2v) is 7.54. The van der Waals surface area contributed by atoms with Crippen molar-refractivity contribution in [2.75, 3.05) is 12.3 Å². The minimum absolute atomic E-state index is 0.234. The van der Waals surface area contributed by atoms with Crippen LogP contribution in [0.4, 0.5) is 0 Å². The van der Waals surface area contributed by atoms with Crippen LogP contribution in [0.2, 0.25) is 0 Å². The molecule has 86 valence electrons. The summed E-state index contributed by atoms with van der Waals surface area (Å²) in [5, 5.41) is 1.97. The van der Waals surface area contributed by atoms with Gasteiger partial charge in [0.25, 0.3) is 0 Å². The van der Waals surface area contributed by atoms with Gasteiger partial charge in [-0.3, -0.25) is 9.79 Å². The summed E-state index contributed by atoms with van der Waals surface area (Å²) in [5.41, 5.74) is 0. The van der Waals surface area contributed by atoms with Gasteiger partial charge in [-0.1, -0.05) is 58.3 Å². The normalized spacial score (nSPS) is 18.5. The number of hydrogen-bond donors (Lipinski definition) is 1. The highest BCUT2D eigenvalue weighted by atomic mass is 35.6. The van der Waals surface area contributed by atoms with E-state index in [0.29, 0.717) is 0 Å². The van der Waals surface area contributed by atoms with Gasteiger partial charge in [-0.15, -0.1) is 0 Å². The summed E-state index contributed by atoms with van der Waals surface area (Å²) in [4.78, 5) is 15.1. The topological polar surface area (TPSA) is 41.5 Å². The average Bonchev–Trinajstić information content (AvgIpc) is 2.53. The molecule has 1 rings (SSSR count). The Kier molecular flexibility index (Phi) is 5.39. The molecule has 1 aliphatic rings. The molecule has 0 bridgehead atoms. The van der Waals surface area contributed by atoms with Crippen LogP contribution in [0.3, 0.4) is 0 Å². The fourth-order valence-corrected chi connectivity index (χ4v) is 3.49. The monoisotopic (exact) mass is 306 g/mol. The van der Waals surface area contributed by atoms with Crippen LogP contribution >= 0.6 is 58.3 Å². The molecule has 0 saturated carbocycles. The summed E-state index contributed by atoms with van der Waals surface area (Å²) in [7, 11) is 0. The zero-order valence-electron chi connectivity index (χ0n) is 7.80. The summed E-state index contributed by atoms with van der Waals surface area (Å²) < 4.78 is -0.692. The van der Waals surface area contributed by atoms with Gasteiger partial charge in [-0.2, -0.15) is 0 Å². The van der Waals surface area contributed by atoms with Gasteiger partial charge in [0.15, 0.2) is 0 Å². The molecule has 3 nitrogen and oxygen atoms in total. The first-order valence-electron chi connectivity index (χ1n) is 4.07. The number of alkyl halides is 3. The third-order valence-electron chi connectivity index (χ3n) is 1.41. The Morgan fingerprint density at radius 3 is 2.73 bits per heavy atom. The highest BCUT2D eigenvalue weighted by molar-refractivity contribution is 8.39. The number of carbonyl (C=O) groups excluding carboxylic acids is 1. The SMILES string of the molecule is CC(=O)NC(SC1=NCCS1)C(Cl)(Cl)Cl. The van der Waals surface area contributed by atoms with Crippen molar-refractivity contribution in [3.05, 3.63) is 0 Å². The van der Waals surface area contributed by atoms with Crippen molar-refractivity contribution >= 4 is 68.6 Å². The third-order valence-corrected chi connectivity index (χ3v) is 4.89. The Labute approximate surface area is 112 Å². The average molecular weight is 308 g/mol. The fourth-order valence-electron chi connectivity index (χ4n) is 0.850. The predicted molar refractivity (Wildman–Crippen MR) is 70.2 cm³/mol. The predicted octanol–water partition coefficient (Wildman–Crippen LogP) is 2.65. The van der Waals surface area contributed by atoms with Crippen LogP contribution in [0.15, 0.2) is 4.99 Å². The first-order chi connectivity index (χ1) is 6.89. The Bertz CT molecular complexity index is 280. The van der Waals surface area contributed by atoms with Crippen LogP contribution in [0, 0.1) is 0 Å². The van der Waals surface area contributed by atoms with Crippen LogP contribution in [-0.4, -0.2) is 31.7 Å². The molecule has 0 radical (unpaired) electrons. The van der Waals surface area contributed by atoms with E-state index in [1.54, 1.807) is 11.8 Å². The van der Waals surface area contributed by atoms with Crippen LogP contribution in [0.1, 0.15) is 6.92 Å². The van der Waals surface area contributed by atoms with Crippen LogP contribution in [0.5, 0.6) is 0 Å². The molecule has 0 aromatic rings. The van der Waals surface area contributed by atoms with E-state index in [9.17, 15) is 4.79 Å². The first-order valence-corrected chi connectivity index (χ1v) is 7.07. The van der Waals surface area contributed by atoms with E-state index >= 15 is 0 Å². The quantitative estimate of drug-likeness (QED) is 0.630. The van der Waals surface area contributed by atoms with Crippen molar-refractivity contribution in [1.29, 1.82) is 0 Å². The first kappa shape index (κ1) is 13.8. The molecule has 1 heterocycles. The maximum Gasteiger partial charge on any atom is 0.220 e. The van der Waals surface area contributed by atoms with E-state index in [4.69, 9.17) is 34.8 Å². The molecule has 0 spiro atoms. The molecule has 1 amide bonds. The summed E-state index contributed by atoms with van der Waals surface area (Å²) in [6.07, 6.45) is 0. The molecule has 8 heteroatoms. The zero-order chi connectivity index (χ0) is 11.5. The molecule has 15 heavy (non-hydrogen) atoms. The molecule has 1 aliphatic heterocycles. The van der Waals surface area contributed by atoms with Gasteiger partial charge in [0.1, 0.15) is 9.75 Å². The molecule has 0 aromatic carbocycles. The van der Waals surface area contributed by atoms with Gasteiger partial charge >= 0.3 is 0 Å². The van der Waals surface area contributed by atoms with Gasteiger partial charge in [0.2, 0.25) is 9.70 Å². The van der Waals surface area contributed by atoms with Crippen molar-refractivity contribution < 1.29 is 4.79 Å². The minimum Gasteiger partial charge on any atom is -0.340 e. The smallest absolute Gasteiger partial charge is 0.220 e. The second kappa shape index (κ2) is 5.87. The number of hydrogen-bond acceptors (Lipinski definition) is 4. The van der Waals surface area contributed by atoms with Crippen molar-refractivity contribution in [2.45, 2.75) is 16.1 Å². The molecule has 0 fully saturated rings. The number of aliphatic imine (C=N–C) groups is 1. The Hall–Kier alpha value is 0.710. The largest absolute Gasteiger partial charge is 0.340 e. The molecule has 1 N–H and O–H groups in total. The number of nitrogens with zero attached hydrogens (tertiary/aromatic N) is 1. The molecular formula is C7H9Cl3N2OS2. The van der Waals surface area contributed by atoms with Gasteiger partial charge in [-0.25, -0.2) is 0 Å². The lowest BCUT2D eigenvalue weighted by Crippen LogP contribution is -2.40. The minimum atomic E-state index is -1.54. The van der Waals surface area contributed by atoms with Crippen LogP contribution < -0.4 is 5.32 Å². The lowest BCUT2D eigenvalue weighted by Gasteiger charge is -2.23. The Balaban J connectivity index is 2.60. The molecular weight excluding hydrogens is 299 g/mol. The number of rotatable bonds is 2. The lowest BCUT2D eigenvalue weighted by molar-refractivity contribution is -0.119. The van der Waals surface area contributed by atoms with E-state index in [1.807, 2.05) is 0 Å². The lowest BCUT2D eigenvalue weighted by atomic mass is 10.6. The molecule has 0 aromatic heterocycles. The number of carbonyl (C=O) groups is 1. The summed E-state index contributed by atoms with van der Waals surface area (Å²) in [6.45, 7) is 2.16. The summed E-state index contributed by atoms with van der Waals surface area (Å²) in [5.74, 6) is 0.706. The second-order valence-electron chi connectivity index (χ2n) is 2.74. The Morgan fingerprint density at radius 2 is 2.33 bits per heavy atom. The van der Waals surface area contributed by atoms with Crippen molar-refractivity contribution in [3.8, 4) is 0 Å². The molecule has 0 aliphatic carbocycles. The zero-order valence-corrected chi connectivity index (χ0v) is 11.7. The van der Waals surface area contributed by atoms with Crippen LogP contribution in [0.25, 0.3) is 0 Å². The van der Waals surface area contributed by atoms with Crippen molar-refractivity contribution in [2.24, 2.45) is 4.99 Å². The number of nitrogens with one attached hydrogen (secondary N) is 1. The maximum atomic E-state index is 10.9. The van der Waals surface area contributed by atoms with E-state index in [0.717, 1.165) is 16.7 Å². The Morgan fingerprint density at radius 1 is 1.67 bits per heavy atom. The molecule has 0 saturated heterocycles. The van der Waals surface area contributed by atoms with Gasteiger partial charge in [0, 0.05) is 12.7 Å². The molecule has 1 atom stereocenters. The van der Waals surface area contributed by atoms with E-state index in [-0.39, 0.29) is 5.91 Å². The van der Waals surface area contributed by atoms with Crippen molar-refractivity contribution in [1.82, 2.24) is 5.32 Å². The third kappa shape index (κ3) is 5.04. The van der Waals surface area contributed by atoms with Gasteiger partial charge < -0.3 is 5.32 Å². The summed E-state index contributed by atoms with van der Waals surface area (Å²) >= 11 is 20.1. The number of halogens is 3. The van der Waals surface area contributed by atoms with Gasteiger partial charge in [0.05, 0.1) is 6.54 Å². The highest BCUT2D eigenvalue weighted by Crippen LogP contribution is 2.39. The standard InChI is InChI=1S/C7H9Cl3N2OS2/c1-4(13)12-5(7(8,9)10)15-6-11-2-3-14-6/h5H,2-3H2,1H3,(H,12,13). The number of amides is 1.